The Morgan fingerprint density at radius 3 is 2.58 bits per heavy atom. The Bertz CT molecular complexity index is 924. The number of ether oxygens (including phenoxy) is 1. The van der Waals surface area contributed by atoms with Gasteiger partial charge in [-0.3, -0.25) is 10.1 Å². The molecular weight excluding hydrogens is 505 g/mol. The van der Waals surface area contributed by atoms with E-state index in [1.807, 2.05) is 42.5 Å². The molecule has 0 spiro atoms. The van der Waals surface area contributed by atoms with E-state index in [1.54, 1.807) is 0 Å². The van der Waals surface area contributed by atoms with E-state index < -0.39 is 6.09 Å². The van der Waals surface area contributed by atoms with Crippen LogP contribution >= 0.6 is 22.6 Å². The van der Waals surface area contributed by atoms with E-state index in [0.717, 1.165) is 66.8 Å². The third-order valence-corrected chi connectivity index (χ3v) is 6.74. The van der Waals surface area contributed by atoms with E-state index in [-0.39, 0.29) is 11.7 Å². The standard InChI is InChI=1S/C24H28IN3O3/c25-21-5-2-17(3-6-21)23(29)18-8-11-28(12-9-18)10-1-13-31-24(30)27-22-7-4-19-15-26-16-20(19)14-22/h2-7,14,18,26H,1,8-13,15-16H2,(H,27,30). The van der Waals surface area contributed by atoms with Crippen LogP contribution < -0.4 is 10.6 Å². The normalized spacial score (nSPS) is 16.7. The summed E-state index contributed by atoms with van der Waals surface area (Å²) in [6.07, 6.45) is 2.16. The molecule has 6 nitrogen and oxygen atoms in total. The molecule has 0 radical (unpaired) electrons. The zero-order valence-corrected chi connectivity index (χ0v) is 19.7. The van der Waals surface area contributed by atoms with Gasteiger partial charge in [-0.1, -0.05) is 18.2 Å². The van der Waals surface area contributed by atoms with E-state index in [2.05, 4.69) is 38.1 Å². The van der Waals surface area contributed by atoms with Crippen LogP contribution in [-0.2, 0) is 17.8 Å². The molecule has 2 heterocycles. The molecule has 1 fully saturated rings. The van der Waals surface area contributed by atoms with Crippen LogP contribution in [0.2, 0.25) is 0 Å². The number of ketones is 1. The fraction of sp³-hybridized carbons (Fsp3) is 0.417. The van der Waals surface area contributed by atoms with Gasteiger partial charge < -0.3 is 15.0 Å². The quantitative estimate of drug-likeness (QED) is 0.313. The van der Waals surface area contributed by atoms with Crippen LogP contribution in [0.15, 0.2) is 42.5 Å². The molecule has 7 heteroatoms. The molecule has 0 atom stereocenters. The van der Waals surface area contributed by atoms with Crippen LogP contribution in [0.5, 0.6) is 0 Å². The van der Waals surface area contributed by atoms with Crippen molar-refractivity contribution >= 4 is 40.2 Å². The number of nitrogens with one attached hydrogen (secondary N) is 2. The van der Waals surface area contributed by atoms with Gasteiger partial charge in [0.15, 0.2) is 5.78 Å². The maximum absolute atomic E-state index is 12.7. The number of hydrogen-bond donors (Lipinski definition) is 2. The first-order valence-corrected chi connectivity index (χ1v) is 11.9. The molecule has 1 saturated heterocycles. The zero-order chi connectivity index (χ0) is 21.6. The maximum atomic E-state index is 12.7. The number of rotatable bonds is 7. The van der Waals surface area contributed by atoms with Crippen molar-refractivity contribution in [3.8, 4) is 0 Å². The summed E-state index contributed by atoms with van der Waals surface area (Å²) < 4.78 is 6.48. The van der Waals surface area contributed by atoms with Crippen molar-refractivity contribution in [3.63, 3.8) is 0 Å². The number of Topliss-reactive ketones (excluding diaryl/α,β-unsaturated/α-hetero) is 1. The van der Waals surface area contributed by atoms with Crippen molar-refractivity contribution in [1.29, 1.82) is 0 Å². The fourth-order valence-electron chi connectivity index (χ4n) is 4.25. The average molecular weight is 533 g/mol. The number of piperidine rings is 1. The molecule has 4 rings (SSSR count). The van der Waals surface area contributed by atoms with Gasteiger partial charge in [0.1, 0.15) is 0 Å². The summed E-state index contributed by atoms with van der Waals surface area (Å²) in [6.45, 7) is 4.82. The van der Waals surface area contributed by atoms with Crippen LogP contribution in [0, 0.1) is 9.49 Å². The average Bonchev–Trinajstić information content (AvgIpc) is 3.25. The number of carbonyl (C=O) groups excluding carboxylic acids is 2. The molecule has 0 bridgehead atoms. The van der Waals surface area contributed by atoms with Gasteiger partial charge in [0, 0.05) is 40.4 Å². The second-order valence-electron chi connectivity index (χ2n) is 8.19. The Hall–Kier alpha value is -1.97. The van der Waals surface area contributed by atoms with Crippen molar-refractivity contribution < 1.29 is 14.3 Å². The number of nitrogens with zero attached hydrogens (tertiary/aromatic N) is 1. The van der Waals surface area contributed by atoms with E-state index in [4.69, 9.17) is 4.74 Å². The number of amides is 1. The van der Waals surface area contributed by atoms with Crippen molar-refractivity contribution in [2.75, 3.05) is 31.6 Å². The second-order valence-corrected chi connectivity index (χ2v) is 9.43. The van der Waals surface area contributed by atoms with Gasteiger partial charge in [-0.15, -0.1) is 0 Å². The van der Waals surface area contributed by atoms with E-state index in [9.17, 15) is 9.59 Å². The van der Waals surface area contributed by atoms with Crippen LogP contribution in [0.25, 0.3) is 0 Å². The first-order valence-electron chi connectivity index (χ1n) is 10.9. The number of anilines is 1. The molecule has 164 valence electrons. The molecule has 2 aromatic carbocycles. The Morgan fingerprint density at radius 2 is 1.81 bits per heavy atom. The van der Waals surface area contributed by atoms with Crippen LogP contribution in [0.3, 0.4) is 0 Å². The summed E-state index contributed by atoms with van der Waals surface area (Å²) >= 11 is 2.25. The lowest BCUT2D eigenvalue weighted by Crippen LogP contribution is -2.37. The maximum Gasteiger partial charge on any atom is 0.411 e. The topological polar surface area (TPSA) is 70.7 Å². The molecule has 0 unspecified atom stereocenters. The SMILES string of the molecule is O=C(Nc1ccc2c(c1)CNC2)OCCCN1CCC(C(=O)c2ccc(I)cc2)CC1. The number of carbonyl (C=O) groups is 2. The number of halogens is 1. The Balaban J connectivity index is 1.12. The highest BCUT2D eigenvalue weighted by molar-refractivity contribution is 14.1. The predicted octanol–water partition coefficient (Wildman–Crippen LogP) is 4.43. The number of hydrogen-bond acceptors (Lipinski definition) is 5. The van der Waals surface area contributed by atoms with Crippen molar-refractivity contribution in [2.45, 2.75) is 32.4 Å². The van der Waals surface area contributed by atoms with E-state index in [1.165, 1.54) is 11.1 Å². The zero-order valence-electron chi connectivity index (χ0n) is 17.5. The molecule has 1 amide bonds. The van der Waals surface area contributed by atoms with Gasteiger partial charge in [-0.25, -0.2) is 4.79 Å². The minimum atomic E-state index is -0.410. The Kier molecular flexibility index (Phi) is 7.58. The Morgan fingerprint density at radius 1 is 1.06 bits per heavy atom. The molecule has 2 aliphatic rings. The molecule has 0 aromatic heterocycles. The molecule has 2 aliphatic heterocycles. The lowest BCUT2D eigenvalue weighted by molar-refractivity contribution is 0.0830. The summed E-state index contributed by atoms with van der Waals surface area (Å²) in [7, 11) is 0. The van der Waals surface area contributed by atoms with Crippen molar-refractivity contribution in [1.82, 2.24) is 10.2 Å². The molecule has 2 aromatic rings. The molecule has 31 heavy (non-hydrogen) atoms. The van der Waals surface area contributed by atoms with Crippen LogP contribution in [0.1, 0.15) is 40.7 Å². The van der Waals surface area contributed by atoms with Crippen molar-refractivity contribution in [2.24, 2.45) is 5.92 Å². The third kappa shape index (κ3) is 6.05. The monoisotopic (exact) mass is 533 g/mol. The second kappa shape index (κ2) is 10.6. The predicted molar refractivity (Wildman–Crippen MR) is 129 cm³/mol. The van der Waals surface area contributed by atoms with Gasteiger partial charge in [0.25, 0.3) is 0 Å². The highest BCUT2D eigenvalue weighted by Crippen LogP contribution is 2.23. The summed E-state index contributed by atoms with van der Waals surface area (Å²) in [5.74, 6) is 0.374. The summed E-state index contributed by atoms with van der Waals surface area (Å²) in [6, 6.07) is 13.8. The molecular formula is C24H28IN3O3. The van der Waals surface area contributed by atoms with Gasteiger partial charge >= 0.3 is 6.09 Å². The van der Waals surface area contributed by atoms with Crippen LogP contribution in [-0.4, -0.2) is 43.0 Å². The van der Waals surface area contributed by atoms with E-state index in [0.29, 0.717) is 6.61 Å². The molecule has 2 N–H and O–H groups in total. The van der Waals surface area contributed by atoms with Gasteiger partial charge in [-0.05, 0) is 90.3 Å². The number of benzene rings is 2. The molecule has 0 aliphatic carbocycles. The lowest BCUT2D eigenvalue weighted by atomic mass is 9.89. The number of fused-ring (bicyclic) bond motifs is 1. The third-order valence-electron chi connectivity index (χ3n) is 6.02. The fourth-order valence-corrected chi connectivity index (χ4v) is 4.61. The minimum Gasteiger partial charge on any atom is -0.449 e. The van der Waals surface area contributed by atoms with Gasteiger partial charge in [-0.2, -0.15) is 0 Å². The smallest absolute Gasteiger partial charge is 0.411 e. The van der Waals surface area contributed by atoms with Crippen molar-refractivity contribution in [3.05, 3.63) is 62.7 Å². The van der Waals surface area contributed by atoms with Gasteiger partial charge in [0.2, 0.25) is 0 Å². The van der Waals surface area contributed by atoms with E-state index >= 15 is 0 Å². The lowest BCUT2D eigenvalue weighted by Gasteiger charge is -2.31. The van der Waals surface area contributed by atoms with Gasteiger partial charge in [0.05, 0.1) is 6.61 Å². The molecule has 0 saturated carbocycles. The number of likely N-dealkylation sites (tertiary alicyclic amines) is 1. The summed E-state index contributed by atoms with van der Waals surface area (Å²) in [4.78, 5) is 27.1. The largest absolute Gasteiger partial charge is 0.449 e. The van der Waals surface area contributed by atoms with Crippen LogP contribution in [0.4, 0.5) is 10.5 Å². The highest BCUT2D eigenvalue weighted by Gasteiger charge is 2.25. The highest BCUT2D eigenvalue weighted by atomic mass is 127. The minimum absolute atomic E-state index is 0.112. The summed E-state index contributed by atoms with van der Waals surface area (Å²) in [5.41, 5.74) is 4.09. The Labute approximate surface area is 196 Å². The summed E-state index contributed by atoms with van der Waals surface area (Å²) in [5, 5.41) is 6.10. The first kappa shape index (κ1) is 22.2. The first-order chi connectivity index (χ1) is 15.1.